The van der Waals surface area contributed by atoms with Crippen LogP contribution in [0.4, 0.5) is 9.39 Å². The highest BCUT2D eigenvalue weighted by Gasteiger charge is 2.25. The van der Waals surface area contributed by atoms with E-state index in [9.17, 15) is 9.18 Å². The first kappa shape index (κ1) is 23.5. The number of carbonyl (C=O) groups is 1. The number of fused-ring (bicyclic) bond motifs is 1. The molecular formula is C22H28FN5OS2. The van der Waals surface area contributed by atoms with Gasteiger partial charge in [-0.15, -0.1) is 22.7 Å². The van der Waals surface area contributed by atoms with Crippen molar-refractivity contribution in [3.63, 3.8) is 0 Å². The summed E-state index contributed by atoms with van der Waals surface area (Å²) in [6.45, 7) is 11.5. The summed E-state index contributed by atoms with van der Waals surface area (Å²) in [6.07, 6.45) is 3.76. The first-order valence-corrected chi connectivity index (χ1v) is 11.9. The Kier molecular flexibility index (Phi) is 8.25. The lowest BCUT2D eigenvalue weighted by atomic mass is 10.0. The van der Waals surface area contributed by atoms with Gasteiger partial charge < -0.3 is 16.0 Å². The molecule has 0 radical (unpaired) electrons. The fraction of sp³-hybridized carbons (Fsp3) is 0.409. The third-order valence-corrected chi connectivity index (χ3v) is 6.78. The van der Waals surface area contributed by atoms with Crippen LogP contribution >= 0.6 is 22.7 Å². The number of carbonyl (C=O) groups excluding carboxylic acids is 1. The second-order valence-electron chi connectivity index (χ2n) is 7.60. The van der Waals surface area contributed by atoms with Gasteiger partial charge in [0.15, 0.2) is 0 Å². The van der Waals surface area contributed by atoms with E-state index in [1.54, 1.807) is 11.3 Å². The second kappa shape index (κ2) is 10.9. The Hall–Kier alpha value is -2.20. The lowest BCUT2D eigenvalue weighted by molar-refractivity contribution is -0.116. The van der Waals surface area contributed by atoms with Gasteiger partial charge >= 0.3 is 0 Å². The summed E-state index contributed by atoms with van der Waals surface area (Å²) in [7, 11) is 0. The molecule has 0 atom stereocenters. The van der Waals surface area contributed by atoms with E-state index in [4.69, 9.17) is 4.98 Å². The van der Waals surface area contributed by atoms with Crippen LogP contribution in [0.25, 0.3) is 16.1 Å². The summed E-state index contributed by atoms with van der Waals surface area (Å²) >= 11 is 3.11. The summed E-state index contributed by atoms with van der Waals surface area (Å²) in [5, 5.41) is 13.4. The molecular weight excluding hydrogens is 433 g/mol. The van der Waals surface area contributed by atoms with Crippen molar-refractivity contribution in [2.75, 3.05) is 18.4 Å². The van der Waals surface area contributed by atoms with Crippen LogP contribution in [0.15, 0.2) is 28.5 Å². The molecule has 3 N–H and O–H groups in total. The van der Waals surface area contributed by atoms with Gasteiger partial charge in [0, 0.05) is 41.4 Å². The van der Waals surface area contributed by atoms with Crippen LogP contribution in [-0.2, 0) is 17.8 Å². The van der Waals surface area contributed by atoms with Gasteiger partial charge in [0.05, 0.1) is 11.9 Å². The Morgan fingerprint density at radius 3 is 3.03 bits per heavy atom. The van der Waals surface area contributed by atoms with Crippen molar-refractivity contribution >= 4 is 45.9 Å². The van der Waals surface area contributed by atoms with Gasteiger partial charge in [-0.25, -0.2) is 9.37 Å². The molecule has 1 aliphatic heterocycles. The number of hydrogen-bond acceptors (Lipinski definition) is 7. The summed E-state index contributed by atoms with van der Waals surface area (Å²) in [6, 6.07) is 0.343. The predicted molar refractivity (Wildman–Crippen MR) is 130 cm³/mol. The molecule has 6 nitrogen and oxygen atoms in total. The smallest absolute Gasteiger partial charge is 0.226 e. The van der Waals surface area contributed by atoms with E-state index >= 15 is 0 Å². The highest BCUT2D eigenvalue weighted by atomic mass is 32.1. The van der Waals surface area contributed by atoms with Crippen molar-refractivity contribution in [1.29, 1.82) is 0 Å². The molecule has 0 spiro atoms. The molecule has 166 valence electrons. The minimum absolute atomic E-state index is 0.0158. The maximum Gasteiger partial charge on any atom is 0.226 e. The van der Waals surface area contributed by atoms with E-state index in [0.717, 1.165) is 41.3 Å². The molecule has 0 saturated carbocycles. The second-order valence-corrected chi connectivity index (χ2v) is 9.57. The van der Waals surface area contributed by atoms with Gasteiger partial charge in [0.2, 0.25) is 5.91 Å². The Morgan fingerprint density at radius 2 is 2.29 bits per heavy atom. The van der Waals surface area contributed by atoms with E-state index in [2.05, 4.69) is 41.5 Å². The van der Waals surface area contributed by atoms with Crippen LogP contribution in [0.3, 0.4) is 0 Å². The zero-order chi connectivity index (χ0) is 22.4. The minimum atomic E-state index is -0.469. The van der Waals surface area contributed by atoms with Gasteiger partial charge in [-0.1, -0.05) is 13.8 Å². The van der Waals surface area contributed by atoms with E-state index < -0.39 is 5.83 Å². The van der Waals surface area contributed by atoms with Crippen molar-refractivity contribution in [2.45, 2.75) is 46.2 Å². The zero-order valence-electron chi connectivity index (χ0n) is 18.0. The molecule has 31 heavy (non-hydrogen) atoms. The topological polar surface area (TPSA) is 78.4 Å². The van der Waals surface area contributed by atoms with Gasteiger partial charge in [-0.05, 0) is 43.8 Å². The third kappa shape index (κ3) is 6.16. The Balaban J connectivity index is 1.88. The number of thiophene rings is 1. The molecule has 1 amide bonds. The zero-order valence-corrected chi connectivity index (χ0v) is 19.7. The van der Waals surface area contributed by atoms with Crippen molar-refractivity contribution in [2.24, 2.45) is 4.99 Å². The third-order valence-electron chi connectivity index (χ3n) is 4.78. The standard InChI is InChI=1S/C22H28FN5OS2/c1-13(2)26-8-6-19(29)28-22-20(16-5-7-25-11-18(16)31-22)21-27-17(12-30-21)14(3)9-15(23)10-24-4/h9-10,12-13,25-26H,4-8,11H2,1-3H3,(H,28,29)/b14-9+,15-10+. The number of anilines is 1. The van der Waals surface area contributed by atoms with E-state index in [-0.39, 0.29) is 5.91 Å². The molecule has 0 saturated heterocycles. The number of aliphatic imine (C=N–C) groups is 1. The lowest BCUT2D eigenvalue weighted by Crippen LogP contribution is -2.27. The molecule has 0 aromatic carbocycles. The Labute approximate surface area is 190 Å². The number of nitrogens with one attached hydrogen (secondary N) is 3. The number of rotatable bonds is 9. The number of halogens is 1. The molecule has 3 heterocycles. The number of thiazole rings is 1. The van der Waals surface area contributed by atoms with Crippen LogP contribution in [0.2, 0.25) is 0 Å². The molecule has 2 aromatic heterocycles. The number of amides is 1. The lowest BCUT2D eigenvalue weighted by Gasteiger charge is -2.13. The highest BCUT2D eigenvalue weighted by molar-refractivity contribution is 7.18. The van der Waals surface area contributed by atoms with Gasteiger partial charge in [0.1, 0.15) is 15.8 Å². The highest BCUT2D eigenvalue weighted by Crippen LogP contribution is 2.44. The molecule has 3 rings (SSSR count). The van der Waals surface area contributed by atoms with Gasteiger partial charge in [-0.2, -0.15) is 0 Å². The van der Waals surface area contributed by atoms with Crippen molar-refractivity contribution < 1.29 is 9.18 Å². The first-order valence-electron chi connectivity index (χ1n) is 10.2. The van der Waals surface area contributed by atoms with Crippen molar-refractivity contribution in [3.8, 4) is 10.6 Å². The molecule has 0 fully saturated rings. The predicted octanol–water partition coefficient (Wildman–Crippen LogP) is 4.76. The largest absolute Gasteiger partial charge is 0.317 e. The van der Waals surface area contributed by atoms with Gasteiger partial charge in [-0.3, -0.25) is 9.79 Å². The normalized spacial score (nSPS) is 14.6. The fourth-order valence-corrected chi connectivity index (χ4v) is 5.54. The quantitative estimate of drug-likeness (QED) is 0.372. The van der Waals surface area contributed by atoms with Crippen molar-refractivity contribution in [1.82, 2.24) is 15.6 Å². The average Bonchev–Trinajstić information content (AvgIpc) is 3.32. The number of nitrogens with zero attached hydrogens (tertiary/aromatic N) is 2. The number of allylic oxidation sites excluding steroid dienone is 3. The maximum atomic E-state index is 13.8. The van der Waals surface area contributed by atoms with Gasteiger partial charge in [0.25, 0.3) is 0 Å². The fourth-order valence-electron chi connectivity index (χ4n) is 3.29. The number of aromatic nitrogens is 1. The molecule has 9 heteroatoms. The van der Waals surface area contributed by atoms with Crippen LogP contribution in [-0.4, -0.2) is 36.7 Å². The minimum Gasteiger partial charge on any atom is -0.317 e. The molecule has 0 aliphatic carbocycles. The van der Waals surface area contributed by atoms with Crippen LogP contribution < -0.4 is 16.0 Å². The average molecular weight is 462 g/mol. The van der Waals surface area contributed by atoms with Crippen LogP contribution in [0.1, 0.15) is 43.3 Å². The van der Waals surface area contributed by atoms with Crippen molar-refractivity contribution in [3.05, 3.63) is 39.6 Å². The maximum absolute atomic E-state index is 13.8. The molecule has 0 bridgehead atoms. The summed E-state index contributed by atoms with van der Waals surface area (Å²) < 4.78 is 13.8. The Bertz CT molecular complexity index is 1010. The SMILES string of the molecule is C=N/C=C(F)\C=C(/C)c1csc(-c2c(NC(=O)CCNC(C)C)sc3c2CCNC3)n1. The molecule has 0 unspecified atom stereocenters. The summed E-state index contributed by atoms with van der Waals surface area (Å²) in [5.41, 5.74) is 3.65. The Morgan fingerprint density at radius 1 is 1.48 bits per heavy atom. The first-order chi connectivity index (χ1) is 14.9. The molecule has 2 aromatic rings. The number of hydrogen-bond donors (Lipinski definition) is 3. The summed E-state index contributed by atoms with van der Waals surface area (Å²) in [4.78, 5) is 22.0. The van der Waals surface area contributed by atoms with Crippen LogP contribution in [0.5, 0.6) is 0 Å². The van der Waals surface area contributed by atoms with Crippen LogP contribution in [0, 0.1) is 0 Å². The van der Waals surface area contributed by atoms with E-state index in [0.29, 0.717) is 30.3 Å². The van der Waals surface area contributed by atoms with E-state index in [1.807, 2.05) is 12.3 Å². The monoisotopic (exact) mass is 461 g/mol. The summed E-state index contributed by atoms with van der Waals surface area (Å²) in [5.74, 6) is -0.484. The van der Waals surface area contributed by atoms with E-state index in [1.165, 1.54) is 27.9 Å². The molecule has 1 aliphatic rings.